The summed E-state index contributed by atoms with van der Waals surface area (Å²) in [5.74, 6) is -0.108. The van der Waals surface area contributed by atoms with Gasteiger partial charge in [0.25, 0.3) is 0 Å². The quantitative estimate of drug-likeness (QED) is 0.876. The van der Waals surface area contributed by atoms with Crippen LogP contribution >= 0.6 is 0 Å². The van der Waals surface area contributed by atoms with Crippen molar-refractivity contribution in [2.45, 2.75) is 51.8 Å². The number of hydrogen-bond donors (Lipinski definition) is 2. The molecule has 0 saturated carbocycles. The Hall–Kier alpha value is -1.21. The van der Waals surface area contributed by atoms with Gasteiger partial charge in [-0.2, -0.15) is 0 Å². The van der Waals surface area contributed by atoms with Gasteiger partial charge in [0, 0.05) is 7.05 Å². The zero-order valence-electron chi connectivity index (χ0n) is 13.3. The minimum absolute atomic E-state index is 0.213. The topological polar surface area (TPSA) is 76.7 Å². The first-order valence-electron chi connectivity index (χ1n) is 7.01. The van der Waals surface area contributed by atoms with Crippen molar-refractivity contribution in [3.05, 3.63) is 23.8 Å². The van der Waals surface area contributed by atoms with Crippen LogP contribution in [0.25, 0.3) is 5.57 Å². The number of ether oxygens (including phenoxy) is 2. The molecule has 6 heteroatoms. The maximum absolute atomic E-state index is 10.7. The first-order valence-corrected chi connectivity index (χ1v) is 7.01. The van der Waals surface area contributed by atoms with Crippen molar-refractivity contribution in [1.29, 1.82) is 0 Å². The second-order valence-electron chi connectivity index (χ2n) is 6.01. The molecular weight excluding hydrogens is 272 g/mol. The van der Waals surface area contributed by atoms with Crippen molar-refractivity contribution in [2.75, 3.05) is 6.61 Å². The van der Waals surface area contributed by atoms with Crippen LogP contribution in [0, 0.1) is 6.92 Å². The zero-order valence-corrected chi connectivity index (χ0v) is 13.3. The molecule has 1 aromatic rings. The third-order valence-corrected chi connectivity index (χ3v) is 3.70. The van der Waals surface area contributed by atoms with E-state index in [1.165, 1.54) is 0 Å². The van der Waals surface area contributed by atoms with Gasteiger partial charge in [-0.25, -0.2) is 4.98 Å². The van der Waals surface area contributed by atoms with Gasteiger partial charge in [0.1, 0.15) is 24.1 Å². The molecule has 21 heavy (non-hydrogen) atoms. The molecule has 118 valence electrons. The lowest BCUT2D eigenvalue weighted by atomic mass is 10.0. The Bertz CT molecular complexity index is 550. The highest BCUT2D eigenvalue weighted by molar-refractivity contribution is 5.56. The molecule has 3 atom stereocenters. The normalized spacial score (nSPS) is 26.0. The molecule has 0 spiro atoms. The van der Waals surface area contributed by atoms with Crippen LogP contribution < -0.4 is 0 Å². The fourth-order valence-electron chi connectivity index (χ4n) is 2.87. The van der Waals surface area contributed by atoms with Crippen LogP contribution in [0.5, 0.6) is 0 Å². The molecule has 1 fully saturated rings. The van der Waals surface area contributed by atoms with Crippen molar-refractivity contribution in [2.24, 2.45) is 7.05 Å². The van der Waals surface area contributed by atoms with Crippen molar-refractivity contribution in [3.63, 3.8) is 0 Å². The number of aryl methyl sites for hydroxylation is 1. The first-order chi connectivity index (χ1) is 9.68. The van der Waals surface area contributed by atoms with E-state index in [9.17, 15) is 10.2 Å². The second-order valence-corrected chi connectivity index (χ2v) is 6.01. The van der Waals surface area contributed by atoms with E-state index in [0.717, 1.165) is 11.4 Å². The minimum atomic E-state index is -0.936. The SMILES string of the molecule is C=C(C)c1nc(C)c(C(O)C2OC(C)(C)OC2CO)n1C. The molecule has 2 rings (SSSR count). The number of rotatable bonds is 4. The summed E-state index contributed by atoms with van der Waals surface area (Å²) in [6.07, 6.45) is -2.15. The summed E-state index contributed by atoms with van der Waals surface area (Å²) in [6.45, 7) is 10.9. The molecule has 0 aliphatic carbocycles. The molecule has 1 aliphatic rings. The highest BCUT2D eigenvalue weighted by Crippen LogP contribution is 2.36. The van der Waals surface area contributed by atoms with Gasteiger partial charge in [-0.1, -0.05) is 6.58 Å². The molecule has 0 radical (unpaired) electrons. The molecule has 2 N–H and O–H groups in total. The van der Waals surface area contributed by atoms with Gasteiger partial charge in [0.15, 0.2) is 5.79 Å². The summed E-state index contributed by atoms with van der Waals surface area (Å²) in [5.41, 5.74) is 2.19. The summed E-state index contributed by atoms with van der Waals surface area (Å²) in [6, 6.07) is 0. The lowest BCUT2D eigenvalue weighted by Gasteiger charge is -2.23. The van der Waals surface area contributed by atoms with Crippen LogP contribution in [0.2, 0.25) is 0 Å². The van der Waals surface area contributed by atoms with E-state index in [1.807, 2.05) is 25.5 Å². The number of allylic oxidation sites excluding steroid dienone is 1. The maximum atomic E-state index is 10.7. The van der Waals surface area contributed by atoms with Gasteiger partial charge in [-0.3, -0.25) is 0 Å². The standard InChI is InChI=1S/C15H24N2O4/c1-8(2)14-16-9(3)11(17(14)6)12(19)13-10(7-18)20-15(4,5)21-13/h10,12-13,18-19H,1,7H2,2-6H3. The largest absolute Gasteiger partial charge is 0.394 e. The van der Waals surface area contributed by atoms with Crippen LogP contribution in [0.4, 0.5) is 0 Å². The van der Waals surface area contributed by atoms with E-state index in [0.29, 0.717) is 11.4 Å². The predicted molar refractivity (Wildman–Crippen MR) is 78.5 cm³/mol. The Morgan fingerprint density at radius 2 is 2.10 bits per heavy atom. The Kier molecular flexibility index (Phi) is 4.26. The number of imidazole rings is 1. The van der Waals surface area contributed by atoms with Crippen LogP contribution in [0.15, 0.2) is 6.58 Å². The van der Waals surface area contributed by atoms with E-state index >= 15 is 0 Å². The second kappa shape index (κ2) is 5.53. The lowest BCUT2D eigenvalue weighted by molar-refractivity contribution is -0.157. The van der Waals surface area contributed by atoms with Crippen LogP contribution in [0.3, 0.4) is 0 Å². The predicted octanol–water partition coefficient (Wildman–Crippen LogP) is 1.31. The summed E-state index contributed by atoms with van der Waals surface area (Å²) in [4.78, 5) is 4.43. The molecule has 3 unspecified atom stereocenters. The van der Waals surface area contributed by atoms with Gasteiger partial charge >= 0.3 is 0 Å². The molecule has 0 amide bonds. The number of nitrogens with zero attached hydrogens (tertiary/aromatic N) is 2. The monoisotopic (exact) mass is 296 g/mol. The van der Waals surface area contributed by atoms with E-state index in [4.69, 9.17) is 9.47 Å². The average molecular weight is 296 g/mol. The Morgan fingerprint density at radius 3 is 2.57 bits per heavy atom. The van der Waals surface area contributed by atoms with Crippen LogP contribution in [-0.2, 0) is 16.5 Å². The average Bonchev–Trinajstić information content (AvgIpc) is 2.85. The smallest absolute Gasteiger partial charge is 0.164 e. The van der Waals surface area contributed by atoms with E-state index in [1.54, 1.807) is 13.8 Å². The van der Waals surface area contributed by atoms with Crippen molar-refractivity contribution >= 4 is 5.57 Å². The van der Waals surface area contributed by atoms with Crippen LogP contribution in [-0.4, -0.2) is 44.4 Å². The summed E-state index contributed by atoms with van der Waals surface area (Å²) in [7, 11) is 1.83. The Balaban J connectivity index is 2.36. The molecule has 1 aromatic heterocycles. The van der Waals surface area contributed by atoms with Crippen molar-refractivity contribution < 1.29 is 19.7 Å². The van der Waals surface area contributed by atoms with Gasteiger partial charge in [0.2, 0.25) is 0 Å². The molecule has 0 bridgehead atoms. The van der Waals surface area contributed by atoms with E-state index in [2.05, 4.69) is 11.6 Å². The molecular formula is C15H24N2O4. The highest BCUT2D eigenvalue weighted by atomic mass is 16.8. The summed E-state index contributed by atoms with van der Waals surface area (Å²) < 4.78 is 13.2. The number of hydrogen-bond acceptors (Lipinski definition) is 5. The minimum Gasteiger partial charge on any atom is -0.394 e. The fourth-order valence-corrected chi connectivity index (χ4v) is 2.87. The zero-order chi connectivity index (χ0) is 15.9. The maximum Gasteiger partial charge on any atom is 0.164 e. The summed E-state index contributed by atoms with van der Waals surface area (Å²) >= 11 is 0. The van der Waals surface area contributed by atoms with Gasteiger partial charge in [-0.15, -0.1) is 0 Å². The van der Waals surface area contributed by atoms with Gasteiger partial charge in [-0.05, 0) is 33.3 Å². The van der Waals surface area contributed by atoms with Crippen molar-refractivity contribution in [1.82, 2.24) is 9.55 Å². The first kappa shape index (κ1) is 16.2. The molecule has 1 saturated heterocycles. The molecule has 2 heterocycles. The Labute approximate surface area is 125 Å². The van der Waals surface area contributed by atoms with E-state index in [-0.39, 0.29) is 6.61 Å². The number of aliphatic hydroxyl groups excluding tert-OH is 2. The molecule has 6 nitrogen and oxygen atoms in total. The van der Waals surface area contributed by atoms with Crippen molar-refractivity contribution in [3.8, 4) is 0 Å². The van der Waals surface area contributed by atoms with Crippen LogP contribution in [0.1, 0.15) is 44.1 Å². The highest BCUT2D eigenvalue weighted by Gasteiger charge is 2.46. The van der Waals surface area contributed by atoms with Gasteiger partial charge < -0.3 is 24.3 Å². The lowest BCUT2D eigenvalue weighted by Crippen LogP contribution is -2.33. The summed E-state index contributed by atoms with van der Waals surface area (Å²) in [5, 5.41) is 20.1. The fraction of sp³-hybridized carbons (Fsp3) is 0.667. The number of aliphatic hydroxyl groups is 2. The third kappa shape index (κ3) is 2.89. The van der Waals surface area contributed by atoms with E-state index < -0.39 is 24.1 Å². The third-order valence-electron chi connectivity index (χ3n) is 3.70. The Morgan fingerprint density at radius 1 is 1.48 bits per heavy atom. The molecule has 1 aliphatic heterocycles. The van der Waals surface area contributed by atoms with Gasteiger partial charge in [0.05, 0.1) is 18.0 Å². The molecule has 0 aromatic carbocycles. The number of aromatic nitrogens is 2.